The fourth-order valence-corrected chi connectivity index (χ4v) is 2.75. The highest BCUT2D eigenvalue weighted by atomic mass is 16.6. The second kappa shape index (κ2) is 7.26. The van der Waals surface area contributed by atoms with Gasteiger partial charge in [0.15, 0.2) is 5.82 Å². The van der Waals surface area contributed by atoms with Crippen molar-refractivity contribution in [2.45, 2.75) is 0 Å². The summed E-state index contributed by atoms with van der Waals surface area (Å²) in [6.45, 7) is 0. The van der Waals surface area contributed by atoms with E-state index in [1.54, 1.807) is 31.3 Å². The third-order valence-electron chi connectivity index (χ3n) is 4.10. The van der Waals surface area contributed by atoms with Crippen LogP contribution < -0.4 is 5.32 Å². The molecule has 0 fully saturated rings. The number of nitrogens with one attached hydrogen (secondary N) is 1. The third kappa shape index (κ3) is 3.53. The molecule has 0 saturated carbocycles. The molecule has 12 heteroatoms. The lowest BCUT2D eigenvalue weighted by Gasteiger charge is -2.08. The summed E-state index contributed by atoms with van der Waals surface area (Å²) in [6.07, 6.45) is 2.61. The first-order chi connectivity index (χ1) is 14.0. The second-order valence-electron chi connectivity index (χ2n) is 5.96. The number of carbonyl (C=O) groups is 1. The molecule has 29 heavy (non-hydrogen) atoms. The quantitative estimate of drug-likeness (QED) is 0.399. The van der Waals surface area contributed by atoms with Crippen molar-refractivity contribution in [2.75, 3.05) is 5.32 Å². The van der Waals surface area contributed by atoms with Crippen LogP contribution >= 0.6 is 0 Å². The highest BCUT2D eigenvalue weighted by Gasteiger charge is 2.19. The van der Waals surface area contributed by atoms with E-state index in [9.17, 15) is 14.9 Å². The number of aryl methyl sites for hydroxylation is 1. The highest BCUT2D eigenvalue weighted by Crippen LogP contribution is 2.25. The SMILES string of the molecule is Cn1nnnc1-c1cccc(NC(=O)c2ccc(-n3cncn3)c([N+](=O)[O-])c2)c1. The number of amides is 1. The van der Waals surface area contributed by atoms with Crippen molar-refractivity contribution in [3.63, 3.8) is 0 Å². The van der Waals surface area contributed by atoms with Gasteiger partial charge in [-0.1, -0.05) is 12.1 Å². The molecule has 0 bridgehead atoms. The van der Waals surface area contributed by atoms with Gasteiger partial charge < -0.3 is 5.32 Å². The Morgan fingerprint density at radius 1 is 1.21 bits per heavy atom. The Morgan fingerprint density at radius 3 is 2.76 bits per heavy atom. The van der Waals surface area contributed by atoms with Crippen molar-refractivity contribution >= 4 is 17.3 Å². The van der Waals surface area contributed by atoms with E-state index in [-0.39, 0.29) is 16.9 Å². The summed E-state index contributed by atoms with van der Waals surface area (Å²) in [7, 11) is 1.70. The first-order valence-electron chi connectivity index (χ1n) is 8.30. The molecule has 0 aliphatic heterocycles. The fraction of sp³-hybridized carbons (Fsp3) is 0.0588. The molecule has 0 radical (unpaired) electrons. The Morgan fingerprint density at radius 2 is 2.07 bits per heavy atom. The van der Waals surface area contributed by atoms with Crippen LogP contribution in [0.15, 0.2) is 55.1 Å². The van der Waals surface area contributed by atoms with Crippen molar-refractivity contribution in [1.29, 1.82) is 0 Å². The molecule has 4 aromatic rings. The van der Waals surface area contributed by atoms with Gasteiger partial charge in [0.05, 0.1) is 4.92 Å². The molecule has 144 valence electrons. The summed E-state index contributed by atoms with van der Waals surface area (Å²) >= 11 is 0. The molecular weight excluding hydrogens is 378 g/mol. The number of tetrazole rings is 1. The number of hydrogen-bond acceptors (Lipinski definition) is 8. The van der Waals surface area contributed by atoms with Crippen LogP contribution in [-0.4, -0.2) is 45.8 Å². The maximum absolute atomic E-state index is 12.6. The van der Waals surface area contributed by atoms with Crippen LogP contribution in [-0.2, 0) is 7.05 Å². The molecule has 0 saturated heterocycles. The number of hydrogen-bond donors (Lipinski definition) is 1. The van der Waals surface area contributed by atoms with Crippen molar-refractivity contribution in [2.24, 2.45) is 7.05 Å². The standard InChI is InChI=1S/C17H13N9O3/c1-24-16(21-22-23-24)11-3-2-4-13(7-11)20-17(27)12-5-6-14(15(8-12)26(28)29)25-10-18-9-19-25/h2-10H,1H3,(H,20,27). The van der Waals surface area contributed by atoms with Gasteiger partial charge >= 0.3 is 0 Å². The molecule has 2 aromatic carbocycles. The van der Waals surface area contributed by atoms with E-state index in [0.717, 1.165) is 0 Å². The van der Waals surface area contributed by atoms with Gasteiger partial charge in [-0.3, -0.25) is 14.9 Å². The number of benzene rings is 2. The second-order valence-corrected chi connectivity index (χ2v) is 5.96. The van der Waals surface area contributed by atoms with Crippen molar-refractivity contribution < 1.29 is 9.72 Å². The first-order valence-corrected chi connectivity index (χ1v) is 8.30. The maximum Gasteiger partial charge on any atom is 0.295 e. The Kier molecular flexibility index (Phi) is 4.49. The number of nitro groups is 1. The van der Waals surface area contributed by atoms with Gasteiger partial charge in [-0.25, -0.2) is 14.3 Å². The van der Waals surface area contributed by atoms with Crippen molar-refractivity contribution in [3.05, 3.63) is 70.8 Å². The van der Waals surface area contributed by atoms with Gasteiger partial charge in [0.1, 0.15) is 18.3 Å². The lowest BCUT2D eigenvalue weighted by atomic mass is 10.1. The molecule has 2 aromatic heterocycles. The number of carbonyl (C=O) groups excluding carboxylic acids is 1. The maximum atomic E-state index is 12.6. The summed E-state index contributed by atoms with van der Waals surface area (Å²) in [5.74, 6) is 0.0420. The summed E-state index contributed by atoms with van der Waals surface area (Å²) in [4.78, 5) is 27.3. The Bertz CT molecular complexity index is 1200. The Labute approximate surface area is 163 Å². The number of aromatic nitrogens is 7. The molecular formula is C17H13N9O3. The minimum Gasteiger partial charge on any atom is -0.322 e. The number of anilines is 1. The van der Waals surface area contributed by atoms with E-state index in [0.29, 0.717) is 17.1 Å². The number of nitrogens with zero attached hydrogens (tertiary/aromatic N) is 8. The summed E-state index contributed by atoms with van der Waals surface area (Å²) in [6, 6.07) is 11.1. The first kappa shape index (κ1) is 17.9. The van der Waals surface area contributed by atoms with Gasteiger partial charge in [-0.15, -0.1) is 5.10 Å². The lowest BCUT2D eigenvalue weighted by molar-refractivity contribution is -0.384. The zero-order valence-electron chi connectivity index (χ0n) is 15.0. The lowest BCUT2D eigenvalue weighted by Crippen LogP contribution is -2.13. The zero-order valence-corrected chi connectivity index (χ0v) is 15.0. The fourth-order valence-electron chi connectivity index (χ4n) is 2.75. The normalized spacial score (nSPS) is 10.7. The molecule has 0 aliphatic rings. The number of nitro benzene ring substituents is 1. The van der Waals surface area contributed by atoms with Crippen LogP contribution in [0.4, 0.5) is 11.4 Å². The highest BCUT2D eigenvalue weighted by molar-refractivity contribution is 6.05. The molecule has 1 N–H and O–H groups in total. The average Bonchev–Trinajstić information content (AvgIpc) is 3.39. The van der Waals surface area contributed by atoms with Gasteiger partial charge in [-0.05, 0) is 34.7 Å². The van der Waals surface area contributed by atoms with Crippen LogP contribution in [0.2, 0.25) is 0 Å². The van der Waals surface area contributed by atoms with Crippen molar-refractivity contribution in [1.82, 2.24) is 35.0 Å². The molecule has 0 atom stereocenters. The summed E-state index contributed by atoms with van der Waals surface area (Å²) in [5.41, 5.74) is 1.29. The van der Waals surface area contributed by atoms with Gasteiger partial charge in [0.2, 0.25) is 0 Å². The average molecular weight is 391 g/mol. The topological polar surface area (TPSA) is 147 Å². The summed E-state index contributed by atoms with van der Waals surface area (Å²) < 4.78 is 2.77. The van der Waals surface area contributed by atoms with Gasteiger partial charge in [0.25, 0.3) is 11.6 Å². The molecule has 12 nitrogen and oxygen atoms in total. The molecule has 2 heterocycles. The van der Waals surface area contributed by atoms with E-state index < -0.39 is 10.8 Å². The van der Waals surface area contributed by atoms with Crippen LogP contribution in [0.3, 0.4) is 0 Å². The third-order valence-corrected chi connectivity index (χ3v) is 4.10. The smallest absolute Gasteiger partial charge is 0.295 e. The molecule has 4 rings (SSSR count). The van der Waals surface area contributed by atoms with E-state index in [4.69, 9.17) is 0 Å². The Hall–Kier alpha value is -4.48. The zero-order chi connectivity index (χ0) is 20.4. The van der Waals surface area contributed by atoms with E-state index in [1.165, 1.54) is 40.2 Å². The molecule has 0 spiro atoms. The minimum atomic E-state index is -0.574. The Balaban J connectivity index is 1.62. The van der Waals surface area contributed by atoms with Crippen LogP contribution in [0.1, 0.15) is 10.4 Å². The minimum absolute atomic E-state index is 0.131. The molecule has 1 amide bonds. The van der Waals surface area contributed by atoms with Crippen molar-refractivity contribution in [3.8, 4) is 17.1 Å². The van der Waals surface area contributed by atoms with Gasteiger partial charge in [0, 0.05) is 29.9 Å². The largest absolute Gasteiger partial charge is 0.322 e. The van der Waals surface area contributed by atoms with E-state index in [1.807, 2.05) is 0 Å². The van der Waals surface area contributed by atoms with Crippen LogP contribution in [0.5, 0.6) is 0 Å². The summed E-state index contributed by atoms with van der Waals surface area (Å²) in [5, 5.41) is 29.4. The van der Waals surface area contributed by atoms with Gasteiger partial charge in [-0.2, -0.15) is 5.10 Å². The monoisotopic (exact) mass is 391 g/mol. The van der Waals surface area contributed by atoms with E-state index in [2.05, 4.69) is 30.9 Å². The van der Waals surface area contributed by atoms with Crippen LogP contribution in [0.25, 0.3) is 17.1 Å². The van der Waals surface area contributed by atoms with Crippen LogP contribution in [0, 0.1) is 10.1 Å². The predicted molar refractivity (Wildman–Crippen MR) is 100 cm³/mol. The molecule has 0 aliphatic carbocycles. The predicted octanol–water partition coefficient (Wildman–Crippen LogP) is 1.62. The molecule has 0 unspecified atom stereocenters. The van der Waals surface area contributed by atoms with E-state index >= 15 is 0 Å². The number of rotatable bonds is 5.